The topological polar surface area (TPSA) is 113 Å². The molecule has 0 bridgehead atoms. The molecule has 0 spiro atoms. The van der Waals surface area contributed by atoms with Gasteiger partial charge in [-0.05, 0) is 54.7 Å². The zero-order valence-electron chi connectivity index (χ0n) is 17.0. The van der Waals surface area contributed by atoms with Gasteiger partial charge < -0.3 is 5.41 Å². The first-order chi connectivity index (χ1) is 15.5. The summed E-state index contributed by atoms with van der Waals surface area (Å²) in [5, 5.41) is 43.7. The van der Waals surface area contributed by atoms with Gasteiger partial charge in [0.05, 0.1) is 34.8 Å². The number of halogens is 1. The van der Waals surface area contributed by atoms with E-state index in [0.29, 0.717) is 40.3 Å². The molecule has 3 aromatic rings. The molecule has 0 amide bonds. The minimum Gasteiger partial charge on any atom is -0.301 e. The predicted octanol–water partition coefficient (Wildman–Crippen LogP) is 4.67. The molecule has 0 saturated heterocycles. The van der Waals surface area contributed by atoms with Crippen LogP contribution in [0.2, 0.25) is 5.02 Å². The number of hydrogen-bond donors (Lipinski definition) is 2. The van der Waals surface area contributed by atoms with Crippen molar-refractivity contribution in [2.75, 3.05) is 0 Å². The van der Waals surface area contributed by atoms with E-state index >= 15 is 0 Å². The van der Waals surface area contributed by atoms with Crippen molar-refractivity contribution in [3.05, 3.63) is 87.5 Å². The average Bonchev–Trinajstić information content (AvgIpc) is 2.83. The lowest BCUT2D eigenvalue weighted by Crippen LogP contribution is -2.42. The van der Waals surface area contributed by atoms with Crippen LogP contribution in [-0.4, -0.2) is 15.5 Å². The zero-order valence-corrected chi connectivity index (χ0v) is 17.7. The fourth-order valence-corrected chi connectivity index (χ4v) is 4.82. The van der Waals surface area contributed by atoms with Crippen LogP contribution in [0.15, 0.2) is 54.6 Å². The summed E-state index contributed by atoms with van der Waals surface area (Å²) in [4.78, 5) is 0. The van der Waals surface area contributed by atoms with Gasteiger partial charge in [-0.2, -0.15) is 15.6 Å². The number of aryl methyl sites for hydroxylation is 1. The van der Waals surface area contributed by atoms with Gasteiger partial charge in [-0.3, -0.25) is 5.41 Å². The Morgan fingerprint density at radius 2 is 1.62 bits per heavy atom. The molecule has 1 aromatic heterocycles. The lowest BCUT2D eigenvalue weighted by atomic mass is 9.64. The Morgan fingerprint density at radius 3 is 2.28 bits per heavy atom. The molecule has 0 unspecified atom stereocenters. The van der Waals surface area contributed by atoms with Crippen LogP contribution in [-0.2, 0) is 6.42 Å². The maximum atomic E-state index is 10.2. The Labute approximate surface area is 189 Å². The highest BCUT2D eigenvalue weighted by Gasteiger charge is 2.49. The fraction of sp³-hybridized carbons (Fsp3) is 0.160. The maximum Gasteiger partial charge on any atom is 0.211 e. The van der Waals surface area contributed by atoms with Gasteiger partial charge in [0.15, 0.2) is 5.49 Å². The first kappa shape index (κ1) is 19.9. The van der Waals surface area contributed by atoms with Crippen molar-refractivity contribution >= 4 is 28.5 Å². The molecule has 2 aliphatic rings. The molecule has 0 radical (unpaired) electrons. The van der Waals surface area contributed by atoms with Crippen molar-refractivity contribution < 1.29 is 0 Å². The van der Waals surface area contributed by atoms with Crippen molar-refractivity contribution in [3.8, 4) is 17.8 Å². The van der Waals surface area contributed by atoms with E-state index in [2.05, 4.69) is 12.1 Å². The van der Waals surface area contributed by atoms with E-state index < -0.39 is 5.41 Å². The molecule has 0 fully saturated rings. The lowest BCUT2D eigenvalue weighted by molar-refractivity contribution is 0.683. The number of nitrogens with zero attached hydrogens (tertiary/aromatic N) is 4. The molecular weight excluding hydrogens is 420 g/mol. The van der Waals surface area contributed by atoms with Crippen LogP contribution in [0.5, 0.6) is 0 Å². The van der Waals surface area contributed by atoms with Gasteiger partial charge in [0.1, 0.15) is 0 Å². The van der Waals surface area contributed by atoms with Gasteiger partial charge in [0, 0.05) is 16.2 Å². The molecule has 7 heteroatoms. The van der Waals surface area contributed by atoms with Gasteiger partial charge in [-0.1, -0.05) is 41.9 Å². The highest BCUT2D eigenvalue weighted by atomic mass is 35.5. The predicted molar refractivity (Wildman–Crippen MR) is 121 cm³/mol. The standard InChI is InChI=1S/C25H17ClN6/c26-16-11-9-15(10-12-16)22-18-7-4-8-19-20(18)21(23(29)25(22,13-27)14-28)24(30)32(31-19)17-5-2-1-3-6-17/h1-3,5-6,9-12,29-30H,4,7-8H2. The third-order valence-electron chi connectivity index (χ3n) is 6.12. The smallest absolute Gasteiger partial charge is 0.211 e. The Morgan fingerprint density at radius 1 is 0.938 bits per heavy atom. The van der Waals surface area contributed by atoms with Crippen LogP contribution in [0, 0.1) is 38.9 Å². The molecule has 0 aliphatic heterocycles. The molecule has 0 saturated carbocycles. The second kappa shape index (κ2) is 7.30. The van der Waals surface area contributed by atoms with Crippen LogP contribution >= 0.6 is 11.6 Å². The van der Waals surface area contributed by atoms with Crippen molar-refractivity contribution in [2.24, 2.45) is 5.41 Å². The summed E-state index contributed by atoms with van der Waals surface area (Å²) in [5.74, 6) is 0. The summed E-state index contributed by atoms with van der Waals surface area (Å²) >= 11 is 6.08. The van der Waals surface area contributed by atoms with Crippen LogP contribution in [0.25, 0.3) is 16.8 Å². The van der Waals surface area contributed by atoms with Gasteiger partial charge in [-0.25, -0.2) is 4.68 Å². The average molecular weight is 437 g/mol. The minimum atomic E-state index is -1.82. The lowest BCUT2D eigenvalue weighted by Gasteiger charge is -2.36. The van der Waals surface area contributed by atoms with Crippen molar-refractivity contribution in [1.82, 2.24) is 9.78 Å². The SMILES string of the molecule is N#CC1(C#N)C(=N)c2c3c(nn(-c4ccccc4)c2=N)CCCC3=C1c1ccc(Cl)cc1. The van der Waals surface area contributed by atoms with Gasteiger partial charge in [-0.15, -0.1) is 0 Å². The zero-order chi connectivity index (χ0) is 22.5. The quantitative estimate of drug-likeness (QED) is 0.608. The van der Waals surface area contributed by atoms with Crippen LogP contribution < -0.4 is 5.49 Å². The number of nitriles is 2. The molecule has 6 nitrogen and oxygen atoms in total. The number of hydrogen-bond acceptors (Lipinski definition) is 5. The molecule has 5 rings (SSSR count). The number of para-hydroxylation sites is 1. The van der Waals surface area contributed by atoms with E-state index in [1.165, 1.54) is 4.68 Å². The van der Waals surface area contributed by atoms with Crippen molar-refractivity contribution in [3.63, 3.8) is 0 Å². The molecule has 1 heterocycles. The van der Waals surface area contributed by atoms with Crippen molar-refractivity contribution in [2.45, 2.75) is 19.3 Å². The summed E-state index contributed by atoms with van der Waals surface area (Å²) in [6.45, 7) is 0. The van der Waals surface area contributed by atoms with Crippen molar-refractivity contribution in [1.29, 1.82) is 21.3 Å². The van der Waals surface area contributed by atoms with E-state index in [0.717, 1.165) is 23.3 Å². The van der Waals surface area contributed by atoms with Crippen LogP contribution in [0.4, 0.5) is 0 Å². The summed E-state index contributed by atoms with van der Waals surface area (Å²) in [5.41, 5.74) is 2.54. The van der Waals surface area contributed by atoms with Crippen LogP contribution in [0.3, 0.4) is 0 Å². The number of nitrogens with one attached hydrogen (secondary N) is 2. The number of aromatic nitrogens is 2. The second-order valence-corrected chi connectivity index (χ2v) is 8.29. The minimum absolute atomic E-state index is 0.00406. The molecular formula is C25H17ClN6. The number of allylic oxidation sites excluding steroid dienone is 2. The molecule has 2 N–H and O–H groups in total. The van der Waals surface area contributed by atoms with Gasteiger partial charge in [0.2, 0.25) is 5.41 Å². The molecule has 2 aliphatic carbocycles. The third kappa shape index (κ3) is 2.67. The molecule has 0 atom stereocenters. The normalized spacial score (nSPS) is 16.2. The van der Waals surface area contributed by atoms with E-state index in [1.807, 2.05) is 30.3 Å². The monoisotopic (exact) mass is 436 g/mol. The molecule has 32 heavy (non-hydrogen) atoms. The van der Waals surface area contributed by atoms with Crippen LogP contribution in [0.1, 0.15) is 35.2 Å². The van der Waals surface area contributed by atoms with Gasteiger partial charge >= 0.3 is 0 Å². The Bertz CT molecular complexity index is 1440. The summed E-state index contributed by atoms with van der Waals surface area (Å²) in [6.07, 6.45) is 2.15. The highest BCUT2D eigenvalue weighted by molar-refractivity contribution is 6.30. The largest absolute Gasteiger partial charge is 0.301 e. The van der Waals surface area contributed by atoms with E-state index in [-0.39, 0.29) is 11.2 Å². The van der Waals surface area contributed by atoms with Gasteiger partial charge in [0.25, 0.3) is 0 Å². The summed E-state index contributed by atoms with van der Waals surface area (Å²) < 4.78 is 1.50. The highest BCUT2D eigenvalue weighted by Crippen LogP contribution is 2.50. The Hall–Kier alpha value is -4.00. The maximum absolute atomic E-state index is 10.2. The first-order valence-corrected chi connectivity index (χ1v) is 10.6. The third-order valence-corrected chi connectivity index (χ3v) is 6.37. The number of rotatable bonds is 2. The molecule has 154 valence electrons. The summed E-state index contributed by atoms with van der Waals surface area (Å²) in [7, 11) is 0. The molecule has 2 aromatic carbocycles. The summed E-state index contributed by atoms with van der Waals surface area (Å²) in [6, 6.07) is 20.5. The van der Waals surface area contributed by atoms with E-state index in [9.17, 15) is 10.5 Å². The Kier molecular flexibility index (Phi) is 4.55. The fourth-order valence-electron chi connectivity index (χ4n) is 4.69. The van der Waals surface area contributed by atoms with E-state index in [1.54, 1.807) is 24.3 Å². The number of benzene rings is 2. The van der Waals surface area contributed by atoms with E-state index in [4.69, 9.17) is 27.5 Å². The Balaban J connectivity index is 1.92. The first-order valence-electron chi connectivity index (χ1n) is 10.2. The second-order valence-electron chi connectivity index (χ2n) is 7.86.